The van der Waals surface area contributed by atoms with E-state index < -0.39 is 11.3 Å². The highest BCUT2D eigenvalue weighted by Crippen LogP contribution is 2.10. The summed E-state index contributed by atoms with van der Waals surface area (Å²) < 4.78 is 1.58. The summed E-state index contributed by atoms with van der Waals surface area (Å²) >= 11 is 0. The molecule has 3 rings (SSSR count). The van der Waals surface area contributed by atoms with Crippen molar-refractivity contribution in [2.45, 2.75) is 6.92 Å². The Morgan fingerprint density at radius 1 is 1.04 bits per heavy atom. The van der Waals surface area contributed by atoms with Crippen molar-refractivity contribution in [3.63, 3.8) is 0 Å². The average Bonchev–Trinajstić information content (AvgIpc) is 2.63. The molecule has 0 unspecified atom stereocenters. The van der Waals surface area contributed by atoms with Crippen molar-refractivity contribution >= 4 is 11.6 Å². The van der Waals surface area contributed by atoms with Crippen molar-refractivity contribution in [2.24, 2.45) is 0 Å². The van der Waals surface area contributed by atoms with E-state index in [9.17, 15) is 9.59 Å². The molecular weight excluding hydrogens is 316 g/mol. The van der Waals surface area contributed by atoms with Gasteiger partial charge in [0.25, 0.3) is 5.91 Å². The average molecular weight is 334 g/mol. The molecule has 1 amide bonds. The van der Waals surface area contributed by atoms with E-state index in [2.05, 4.69) is 10.5 Å². The van der Waals surface area contributed by atoms with Gasteiger partial charge in [-0.2, -0.15) is 5.10 Å². The topological polar surface area (TPSA) is 67.2 Å². The van der Waals surface area contributed by atoms with Crippen LogP contribution in [0.3, 0.4) is 0 Å². The van der Waals surface area contributed by atoms with Crippen LogP contribution in [-0.2, 0) is 0 Å². The van der Waals surface area contributed by atoms with Crippen LogP contribution >= 0.6 is 0 Å². The van der Waals surface area contributed by atoms with Crippen LogP contribution in [0.5, 0.6) is 0 Å². The maximum Gasteiger partial charge on any atom is 0.294 e. The second kappa shape index (κ2) is 7.00. The molecule has 0 aliphatic heterocycles. The van der Waals surface area contributed by atoms with Crippen LogP contribution in [-0.4, -0.2) is 22.7 Å². The fourth-order valence-corrected chi connectivity index (χ4v) is 2.46. The number of aromatic nitrogens is 2. The molecule has 0 bridgehead atoms. The first kappa shape index (κ1) is 16.4. The van der Waals surface area contributed by atoms with E-state index in [1.807, 2.05) is 60.7 Å². The van der Waals surface area contributed by atoms with E-state index in [0.29, 0.717) is 5.69 Å². The number of aryl methyl sites for hydroxylation is 1. The number of carbonyl (C=O) groups excluding carboxylic acids is 1. The molecule has 0 atom stereocenters. The highest BCUT2D eigenvalue weighted by molar-refractivity contribution is 5.93. The summed E-state index contributed by atoms with van der Waals surface area (Å²) in [6, 6.07) is 20.1. The van der Waals surface area contributed by atoms with Gasteiger partial charge in [0.15, 0.2) is 5.69 Å². The molecule has 0 aliphatic carbocycles. The van der Waals surface area contributed by atoms with Gasteiger partial charge in [-0.25, -0.2) is 4.68 Å². The van der Waals surface area contributed by atoms with Gasteiger partial charge in [-0.05, 0) is 31.2 Å². The molecule has 6 nitrogen and oxygen atoms in total. The summed E-state index contributed by atoms with van der Waals surface area (Å²) in [4.78, 5) is 24.7. The number of amides is 1. The summed E-state index contributed by atoms with van der Waals surface area (Å²) in [5.41, 5.74) is 4.34. The van der Waals surface area contributed by atoms with E-state index >= 15 is 0 Å². The molecule has 25 heavy (non-hydrogen) atoms. The summed E-state index contributed by atoms with van der Waals surface area (Å²) in [5, 5.41) is 5.81. The molecule has 3 aromatic rings. The lowest BCUT2D eigenvalue weighted by atomic mass is 10.2. The van der Waals surface area contributed by atoms with Gasteiger partial charge in [0, 0.05) is 18.8 Å². The first-order valence-electron chi connectivity index (χ1n) is 7.82. The third-order valence-electron chi connectivity index (χ3n) is 3.74. The van der Waals surface area contributed by atoms with Crippen LogP contribution in [0.25, 0.3) is 5.69 Å². The van der Waals surface area contributed by atoms with E-state index in [0.717, 1.165) is 11.4 Å². The largest absolute Gasteiger partial charge is 0.294 e. The lowest BCUT2D eigenvalue weighted by molar-refractivity contribution is 0.0943. The molecule has 0 spiro atoms. The fourth-order valence-electron chi connectivity index (χ4n) is 2.46. The fraction of sp³-hybridized carbons (Fsp3) is 0.105. The van der Waals surface area contributed by atoms with Crippen LogP contribution in [0, 0.1) is 6.92 Å². The Bertz CT molecular complexity index is 937. The Kier molecular flexibility index (Phi) is 4.61. The minimum atomic E-state index is -0.555. The van der Waals surface area contributed by atoms with Crippen molar-refractivity contribution in [3.8, 4) is 5.69 Å². The lowest BCUT2D eigenvalue weighted by Gasteiger charge is -2.20. The van der Waals surface area contributed by atoms with Crippen molar-refractivity contribution in [3.05, 3.63) is 88.3 Å². The Labute approximate surface area is 145 Å². The van der Waals surface area contributed by atoms with Gasteiger partial charge < -0.3 is 0 Å². The first-order valence-corrected chi connectivity index (χ1v) is 7.82. The SMILES string of the molecule is Cc1cc(=O)c(C(=O)NN(C)c2ccccc2)nn1-c1ccccc1. The highest BCUT2D eigenvalue weighted by Gasteiger charge is 2.16. The zero-order valence-corrected chi connectivity index (χ0v) is 14.0. The number of para-hydroxylation sites is 2. The molecule has 0 fully saturated rings. The summed E-state index contributed by atoms with van der Waals surface area (Å²) in [7, 11) is 1.71. The molecule has 0 saturated carbocycles. The normalized spacial score (nSPS) is 10.3. The number of hydrogen-bond donors (Lipinski definition) is 1. The standard InChI is InChI=1S/C19H18N4O2/c1-14-13-17(24)18(20-23(14)16-11-7-4-8-12-16)19(25)21-22(2)15-9-5-3-6-10-15/h3-13H,1-2H3,(H,21,25). The van der Waals surface area contributed by atoms with E-state index in [4.69, 9.17) is 0 Å². The van der Waals surface area contributed by atoms with Crippen LogP contribution in [0.4, 0.5) is 5.69 Å². The molecule has 2 aromatic carbocycles. The van der Waals surface area contributed by atoms with Crippen LogP contribution in [0.1, 0.15) is 16.2 Å². The Morgan fingerprint density at radius 2 is 1.64 bits per heavy atom. The van der Waals surface area contributed by atoms with Gasteiger partial charge in [-0.3, -0.25) is 20.0 Å². The molecule has 6 heteroatoms. The zero-order chi connectivity index (χ0) is 17.8. The van der Waals surface area contributed by atoms with Gasteiger partial charge in [-0.1, -0.05) is 36.4 Å². The monoisotopic (exact) mass is 334 g/mol. The summed E-state index contributed by atoms with van der Waals surface area (Å²) in [6.07, 6.45) is 0. The Hall–Kier alpha value is -3.41. The van der Waals surface area contributed by atoms with Crippen molar-refractivity contribution < 1.29 is 4.79 Å². The van der Waals surface area contributed by atoms with E-state index in [-0.39, 0.29) is 5.69 Å². The minimum Gasteiger partial charge on any atom is -0.288 e. The molecule has 1 aromatic heterocycles. The highest BCUT2D eigenvalue weighted by atomic mass is 16.2. The second-order valence-corrected chi connectivity index (χ2v) is 5.58. The van der Waals surface area contributed by atoms with Gasteiger partial charge in [0.05, 0.1) is 11.4 Å². The van der Waals surface area contributed by atoms with Gasteiger partial charge >= 0.3 is 0 Å². The lowest BCUT2D eigenvalue weighted by Crippen LogP contribution is -2.42. The summed E-state index contributed by atoms with van der Waals surface area (Å²) in [6.45, 7) is 1.78. The maximum absolute atomic E-state index is 12.5. The second-order valence-electron chi connectivity index (χ2n) is 5.58. The molecule has 126 valence electrons. The van der Waals surface area contributed by atoms with Gasteiger partial charge in [-0.15, -0.1) is 0 Å². The molecular formula is C19H18N4O2. The summed E-state index contributed by atoms with van der Waals surface area (Å²) in [5.74, 6) is -0.555. The number of nitrogens with one attached hydrogen (secondary N) is 1. The van der Waals surface area contributed by atoms with Crippen molar-refractivity contribution in [1.82, 2.24) is 15.2 Å². The molecule has 1 heterocycles. The number of anilines is 1. The molecule has 0 saturated heterocycles. The number of nitrogens with zero attached hydrogens (tertiary/aromatic N) is 3. The van der Waals surface area contributed by atoms with Gasteiger partial charge in [0.2, 0.25) is 5.43 Å². The number of hydrazine groups is 1. The smallest absolute Gasteiger partial charge is 0.288 e. The minimum absolute atomic E-state index is 0.155. The van der Waals surface area contributed by atoms with Gasteiger partial charge in [0.1, 0.15) is 0 Å². The number of hydrogen-bond acceptors (Lipinski definition) is 4. The van der Waals surface area contributed by atoms with Crippen LogP contribution in [0.2, 0.25) is 0 Å². The quantitative estimate of drug-likeness (QED) is 0.744. The predicted octanol–water partition coefficient (Wildman–Crippen LogP) is 2.32. The Morgan fingerprint density at radius 3 is 2.28 bits per heavy atom. The Balaban J connectivity index is 1.92. The molecule has 0 radical (unpaired) electrons. The zero-order valence-electron chi connectivity index (χ0n) is 14.0. The van der Waals surface area contributed by atoms with Crippen LogP contribution < -0.4 is 15.9 Å². The van der Waals surface area contributed by atoms with E-state index in [1.54, 1.807) is 23.7 Å². The first-order chi connectivity index (χ1) is 12.1. The van der Waals surface area contributed by atoms with Crippen LogP contribution in [0.15, 0.2) is 71.5 Å². The number of benzene rings is 2. The number of carbonyl (C=O) groups is 1. The maximum atomic E-state index is 12.5. The third-order valence-corrected chi connectivity index (χ3v) is 3.74. The molecule has 1 N–H and O–H groups in total. The number of rotatable bonds is 4. The van der Waals surface area contributed by atoms with Crippen molar-refractivity contribution in [1.29, 1.82) is 0 Å². The molecule has 0 aliphatic rings. The van der Waals surface area contributed by atoms with Crippen molar-refractivity contribution in [2.75, 3.05) is 12.1 Å². The predicted molar refractivity (Wildman–Crippen MR) is 96.9 cm³/mol. The van der Waals surface area contributed by atoms with E-state index in [1.165, 1.54) is 6.07 Å². The third kappa shape index (κ3) is 3.58.